The van der Waals surface area contributed by atoms with Gasteiger partial charge in [0.15, 0.2) is 0 Å². The molecule has 0 aliphatic heterocycles. The van der Waals surface area contributed by atoms with E-state index in [9.17, 15) is 14.9 Å². The van der Waals surface area contributed by atoms with Crippen molar-refractivity contribution in [3.05, 3.63) is 61.3 Å². The average Bonchev–Trinajstić information content (AvgIpc) is 3.13. The van der Waals surface area contributed by atoms with Gasteiger partial charge in [0, 0.05) is 16.2 Å². The van der Waals surface area contributed by atoms with Crippen LogP contribution in [0.25, 0.3) is 10.1 Å². The fourth-order valence-electron chi connectivity index (χ4n) is 1.88. The Morgan fingerprint density at radius 3 is 2.74 bits per heavy atom. The molecule has 3 aromatic rings. The number of hydrogen-bond acceptors (Lipinski definition) is 6. The summed E-state index contributed by atoms with van der Waals surface area (Å²) in [5, 5.41) is 15.6. The van der Waals surface area contributed by atoms with Crippen LogP contribution in [-0.4, -0.2) is 17.0 Å². The maximum atomic E-state index is 12.1. The Morgan fingerprint density at radius 2 is 2.04 bits per heavy atom. The largest absolute Gasteiger partial charge is 0.324 e. The number of thiophene rings is 2. The second-order valence-electron chi connectivity index (χ2n) is 4.37. The Bertz CT molecular complexity index is 932. The Kier molecular flexibility index (Phi) is 4.37. The van der Waals surface area contributed by atoms with Gasteiger partial charge in [-0.1, -0.05) is 41.1 Å². The molecule has 1 amide bonds. The van der Waals surface area contributed by atoms with E-state index < -0.39 is 10.8 Å². The predicted octanol–water partition coefficient (Wildman–Crippen LogP) is 4.29. The van der Waals surface area contributed by atoms with Crippen molar-refractivity contribution < 1.29 is 9.72 Å². The number of hydrazone groups is 1. The first-order valence-corrected chi connectivity index (χ1v) is 8.32. The standard InChI is InChI=1S/C14H8ClN3O3S2/c15-12-9-3-1-2-4-10(9)23-13(12)14(19)17-16-7-8-5-6-11(22-8)18(20)21/h1-7H,(H,17,19)/b16-7+. The minimum Gasteiger partial charge on any atom is -0.266 e. The van der Waals surface area contributed by atoms with Crippen molar-refractivity contribution in [1.82, 2.24) is 5.43 Å². The molecular formula is C14H8ClN3O3S2. The van der Waals surface area contributed by atoms with Crippen LogP contribution in [0.15, 0.2) is 41.5 Å². The van der Waals surface area contributed by atoms with Crippen LogP contribution in [0.4, 0.5) is 5.00 Å². The van der Waals surface area contributed by atoms with E-state index in [-0.39, 0.29) is 5.00 Å². The molecule has 1 N–H and O–H groups in total. The number of benzene rings is 1. The topological polar surface area (TPSA) is 84.6 Å². The van der Waals surface area contributed by atoms with Gasteiger partial charge in [-0.05, 0) is 12.1 Å². The van der Waals surface area contributed by atoms with Crippen LogP contribution in [0.2, 0.25) is 5.02 Å². The predicted molar refractivity (Wildman–Crippen MR) is 92.9 cm³/mol. The van der Waals surface area contributed by atoms with E-state index >= 15 is 0 Å². The maximum absolute atomic E-state index is 12.1. The van der Waals surface area contributed by atoms with Gasteiger partial charge in [0.05, 0.1) is 21.0 Å². The fraction of sp³-hybridized carbons (Fsp3) is 0. The van der Waals surface area contributed by atoms with Crippen molar-refractivity contribution in [2.45, 2.75) is 0 Å². The first-order chi connectivity index (χ1) is 11.1. The van der Waals surface area contributed by atoms with Gasteiger partial charge in [0.1, 0.15) is 4.88 Å². The average molecular weight is 366 g/mol. The number of carbonyl (C=O) groups is 1. The zero-order valence-electron chi connectivity index (χ0n) is 11.4. The van der Waals surface area contributed by atoms with Gasteiger partial charge < -0.3 is 0 Å². The van der Waals surface area contributed by atoms with Gasteiger partial charge in [-0.3, -0.25) is 14.9 Å². The number of hydrogen-bond donors (Lipinski definition) is 1. The highest BCUT2D eigenvalue weighted by molar-refractivity contribution is 7.21. The summed E-state index contributed by atoms with van der Waals surface area (Å²) in [7, 11) is 0. The first kappa shape index (κ1) is 15.6. The van der Waals surface area contributed by atoms with Crippen LogP contribution in [0.1, 0.15) is 14.5 Å². The molecule has 6 nitrogen and oxygen atoms in total. The first-order valence-electron chi connectivity index (χ1n) is 6.31. The van der Waals surface area contributed by atoms with Gasteiger partial charge in [0.25, 0.3) is 5.91 Å². The summed E-state index contributed by atoms with van der Waals surface area (Å²) in [6.45, 7) is 0. The number of nitrogens with zero attached hydrogens (tertiary/aromatic N) is 2. The lowest BCUT2D eigenvalue weighted by Crippen LogP contribution is -2.16. The molecule has 0 spiro atoms. The molecule has 0 fully saturated rings. The molecule has 3 rings (SSSR count). The van der Waals surface area contributed by atoms with Gasteiger partial charge in [0.2, 0.25) is 0 Å². The number of rotatable bonds is 4. The molecule has 116 valence electrons. The molecule has 0 saturated heterocycles. The van der Waals surface area contributed by atoms with Crippen LogP contribution in [0.3, 0.4) is 0 Å². The third-order valence-corrected chi connectivity index (χ3v) is 5.54. The minimum atomic E-state index is -0.475. The lowest BCUT2D eigenvalue weighted by molar-refractivity contribution is -0.380. The van der Waals surface area contributed by atoms with Crippen LogP contribution in [0, 0.1) is 10.1 Å². The Labute approximate surface area is 143 Å². The van der Waals surface area contributed by atoms with Crippen LogP contribution in [-0.2, 0) is 0 Å². The van der Waals surface area contributed by atoms with Gasteiger partial charge in [-0.25, -0.2) is 5.43 Å². The van der Waals surface area contributed by atoms with E-state index in [0.717, 1.165) is 21.4 Å². The number of nitro groups is 1. The van der Waals surface area contributed by atoms with Crippen LogP contribution >= 0.6 is 34.3 Å². The summed E-state index contributed by atoms with van der Waals surface area (Å²) in [5.41, 5.74) is 2.38. The van der Waals surface area contributed by atoms with Gasteiger partial charge in [-0.15, -0.1) is 11.3 Å². The van der Waals surface area contributed by atoms with Gasteiger partial charge in [-0.2, -0.15) is 5.10 Å². The lowest BCUT2D eigenvalue weighted by atomic mass is 10.2. The number of halogens is 1. The summed E-state index contributed by atoms with van der Waals surface area (Å²) in [4.78, 5) is 23.2. The normalized spacial score (nSPS) is 11.2. The van der Waals surface area contributed by atoms with E-state index in [1.54, 1.807) is 6.07 Å². The summed E-state index contributed by atoms with van der Waals surface area (Å²) in [6, 6.07) is 10.4. The zero-order valence-corrected chi connectivity index (χ0v) is 13.7. The molecule has 0 saturated carbocycles. The third kappa shape index (κ3) is 3.24. The van der Waals surface area contributed by atoms with Crippen molar-refractivity contribution in [1.29, 1.82) is 0 Å². The van der Waals surface area contributed by atoms with Crippen LogP contribution in [0.5, 0.6) is 0 Å². The molecule has 1 aromatic carbocycles. The maximum Gasteiger partial charge on any atom is 0.324 e. The fourth-order valence-corrected chi connectivity index (χ4v) is 3.98. The summed E-state index contributed by atoms with van der Waals surface area (Å²) < 4.78 is 0.917. The zero-order chi connectivity index (χ0) is 16.4. The number of nitrogens with one attached hydrogen (secondary N) is 1. The van der Waals surface area contributed by atoms with Crippen molar-refractivity contribution in [3.63, 3.8) is 0 Å². The highest BCUT2D eigenvalue weighted by atomic mass is 35.5. The van der Waals surface area contributed by atoms with E-state index in [1.165, 1.54) is 23.6 Å². The van der Waals surface area contributed by atoms with E-state index in [1.807, 2.05) is 24.3 Å². The molecule has 0 atom stereocenters. The van der Waals surface area contributed by atoms with Crippen molar-refractivity contribution in [2.75, 3.05) is 0 Å². The van der Waals surface area contributed by atoms with Gasteiger partial charge >= 0.3 is 5.00 Å². The Hall–Kier alpha value is -2.29. The highest BCUT2D eigenvalue weighted by Crippen LogP contribution is 2.34. The summed E-state index contributed by atoms with van der Waals surface area (Å²) >= 11 is 8.46. The smallest absolute Gasteiger partial charge is 0.266 e. The second-order valence-corrected chi connectivity index (χ2v) is 6.90. The summed E-state index contributed by atoms with van der Waals surface area (Å²) in [5.74, 6) is -0.418. The molecule has 23 heavy (non-hydrogen) atoms. The minimum absolute atomic E-state index is 0.0188. The number of amides is 1. The number of fused-ring (bicyclic) bond motifs is 1. The molecular weight excluding hydrogens is 358 g/mol. The van der Waals surface area contributed by atoms with E-state index in [2.05, 4.69) is 10.5 Å². The van der Waals surface area contributed by atoms with E-state index in [4.69, 9.17) is 11.6 Å². The van der Waals surface area contributed by atoms with Crippen molar-refractivity contribution in [3.8, 4) is 0 Å². The second kappa shape index (κ2) is 6.45. The Balaban J connectivity index is 1.74. The highest BCUT2D eigenvalue weighted by Gasteiger charge is 2.16. The molecule has 2 heterocycles. The summed E-state index contributed by atoms with van der Waals surface area (Å²) in [6.07, 6.45) is 1.36. The third-order valence-electron chi connectivity index (χ3n) is 2.89. The molecule has 0 aliphatic rings. The van der Waals surface area contributed by atoms with E-state index in [0.29, 0.717) is 14.8 Å². The molecule has 0 radical (unpaired) electrons. The molecule has 0 unspecified atom stereocenters. The lowest BCUT2D eigenvalue weighted by Gasteiger charge is -1.96. The molecule has 0 bridgehead atoms. The van der Waals surface area contributed by atoms with Crippen LogP contribution < -0.4 is 5.43 Å². The Morgan fingerprint density at radius 1 is 1.26 bits per heavy atom. The quantitative estimate of drug-likeness (QED) is 0.425. The number of carbonyl (C=O) groups excluding carboxylic acids is 1. The van der Waals surface area contributed by atoms with Crippen molar-refractivity contribution in [2.24, 2.45) is 5.10 Å². The van der Waals surface area contributed by atoms with Crippen molar-refractivity contribution >= 4 is 61.5 Å². The molecule has 9 heteroatoms. The molecule has 2 aromatic heterocycles. The molecule has 0 aliphatic carbocycles. The SMILES string of the molecule is O=C(N/N=C/c1ccc([N+](=O)[O-])s1)c1sc2ccccc2c1Cl. The monoisotopic (exact) mass is 365 g/mol.